The summed E-state index contributed by atoms with van der Waals surface area (Å²) in [6.45, 7) is 8.98. The van der Waals surface area contributed by atoms with E-state index in [1.807, 2.05) is 31.2 Å². The minimum Gasteiger partial charge on any atom is -0.346 e. The maximum atomic E-state index is 13.2. The highest BCUT2D eigenvalue weighted by atomic mass is 35.5. The summed E-state index contributed by atoms with van der Waals surface area (Å²) in [5, 5.41) is 2.97. The first-order valence-corrected chi connectivity index (χ1v) is 8.89. The van der Waals surface area contributed by atoms with Crippen LogP contribution in [-0.2, 0) is 6.54 Å². The van der Waals surface area contributed by atoms with Gasteiger partial charge in [-0.05, 0) is 55.4 Å². The number of hydrogen-bond acceptors (Lipinski definition) is 2. The molecular weight excluding hydrogens is 339 g/mol. The van der Waals surface area contributed by atoms with Gasteiger partial charge in [-0.15, -0.1) is 0 Å². The van der Waals surface area contributed by atoms with E-state index in [4.69, 9.17) is 11.6 Å². The molecule has 1 amide bonds. The van der Waals surface area contributed by atoms with Crippen molar-refractivity contribution in [3.05, 3.63) is 70.0 Å². The lowest BCUT2D eigenvalue weighted by Gasteiger charge is -2.18. The molecule has 2 rings (SSSR count). The Morgan fingerprint density at radius 1 is 1.16 bits per heavy atom. The molecule has 0 heterocycles. The molecule has 1 N–H and O–H groups in total. The molecule has 0 spiro atoms. The first-order chi connectivity index (χ1) is 11.9. The van der Waals surface area contributed by atoms with Crippen LogP contribution >= 0.6 is 11.6 Å². The van der Waals surface area contributed by atoms with Crippen LogP contribution in [0.4, 0.5) is 4.39 Å². The Balaban J connectivity index is 2.01. The molecule has 0 saturated carbocycles. The molecule has 2 aromatic rings. The highest BCUT2D eigenvalue weighted by Crippen LogP contribution is 2.21. The average molecular weight is 363 g/mol. The second-order valence-electron chi connectivity index (χ2n) is 6.03. The van der Waals surface area contributed by atoms with E-state index in [0.29, 0.717) is 5.56 Å². The fourth-order valence-corrected chi connectivity index (χ4v) is 2.80. The van der Waals surface area contributed by atoms with Crippen molar-refractivity contribution in [3.63, 3.8) is 0 Å². The number of rotatable bonds is 7. The van der Waals surface area contributed by atoms with Gasteiger partial charge in [0.2, 0.25) is 0 Å². The van der Waals surface area contributed by atoms with Crippen molar-refractivity contribution in [2.24, 2.45) is 0 Å². The lowest BCUT2D eigenvalue weighted by molar-refractivity contribution is 0.0940. The zero-order chi connectivity index (χ0) is 18.4. The van der Waals surface area contributed by atoms with E-state index in [1.54, 1.807) is 6.07 Å². The Labute approximate surface area is 153 Å². The molecule has 25 heavy (non-hydrogen) atoms. The molecule has 0 bridgehead atoms. The van der Waals surface area contributed by atoms with Crippen molar-refractivity contribution in [1.29, 1.82) is 0 Å². The summed E-state index contributed by atoms with van der Waals surface area (Å²) in [4.78, 5) is 14.7. The summed E-state index contributed by atoms with van der Waals surface area (Å²) in [5.41, 5.74) is 2.54. The second kappa shape index (κ2) is 8.97. The van der Waals surface area contributed by atoms with Gasteiger partial charge >= 0.3 is 0 Å². The van der Waals surface area contributed by atoms with E-state index < -0.39 is 5.82 Å². The van der Waals surface area contributed by atoms with E-state index in [9.17, 15) is 9.18 Å². The summed E-state index contributed by atoms with van der Waals surface area (Å²) < 4.78 is 13.2. The Bertz CT molecular complexity index is 714. The van der Waals surface area contributed by atoms with Gasteiger partial charge in [-0.1, -0.05) is 43.6 Å². The largest absolute Gasteiger partial charge is 0.346 e. The number of hydrogen-bond donors (Lipinski definition) is 1. The Hall–Kier alpha value is -1.91. The minimum atomic E-state index is -0.465. The van der Waals surface area contributed by atoms with Crippen LogP contribution in [0.25, 0.3) is 0 Å². The molecule has 0 saturated heterocycles. The molecule has 2 aromatic carbocycles. The first kappa shape index (κ1) is 19.4. The van der Waals surface area contributed by atoms with Crippen LogP contribution in [0.15, 0.2) is 42.5 Å². The molecule has 0 aliphatic carbocycles. The zero-order valence-corrected chi connectivity index (χ0v) is 15.6. The smallest absolute Gasteiger partial charge is 0.251 e. The van der Waals surface area contributed by atoms with E-state index in [-0.39, 0.29) is 17.0 Å². The SMILES string of the molecule is CCN(CC)Cc1ccc(C(=O)NC(C)c2ccc(F)c(Cl)c2)cc1. The van der Waals surface area contributed by atoms with Gasteiger partial charge in [-0.2, -0.15) is 0 Å². The molecule has 0 radical (unpaired) electrons. The van der Waals surface area contributed by atoms with Crippen LogP contribution in [-0.4, -0.2) is 23.9 Å². The van der Waals surface area contributed by atoms with Crippen molar-refractivity contribution in [2.45, 2.75) is 33.4 Å². The maximum absolute atomic E-state index is 13.2. The molecule has 0 fully saturated rings. The minimum absolute atomic E-state index is 0.0550. The fraction of sp³-hybridized carbons (Fsp3) is 0.350. The predicted molar refractivity (Wildman–Crippen MR) is 100 cm³/mol. The number of halogens is 2. The van der Waals surface area contributed by atoms with Gasteiger partial charge in [0.1, 0.15) is 5.82 Å². The van der Waals surface area contributed by atoms with Crippen LogP contribution in [0.5, 0.6) is 0 Å². The highest BCUT2D eigenvalue weighted by molar-refractivity contribution is 6.30. The first-order valence-electron chi connectivity index (χ1n) is 8.51. The number of nitrogens with one attached hydrogen (secondary N) is 1. The van der Waals surface area contributed by atoms with Gasteiger partial charge in [-0.25, -0.2) is 4.39 Å². The Morgan fingerprint density at radius 2 is 1.80 bits per heavy atom. The molecule has 1 unspecified atom stereocenters. The molecular formula is C20H24ClFN2O. The van der Waals surface area contributed by atoms with E-state index in [2.05, 4.69) is 24.1 Å². The molecule has 3 nitrogen and oxygen atoms in total. The van der Waals surface area contributed by atoms with Gasteiger partial charge in [0.05, 0.1) is 11.1 Å². The number of benzene rings is 2. The second-order valence-corrected chi connectivity index (χ2v) is 6.43. The molecule has 0 aliphatic rings. The standard InChI is InChI=1S/C20H24ClFN2O/c1-4-24(5-2)13-15-6-8-16(9-7-15)20(25)23-14(3)17-10-11-19(22)18(21)12-17/h6-12,14H,4-5,13H2,1-3H3,(H,23,25). The quantitative estimate of drug-likeness (QED) is 0.766. The average Bonchev–Trinajstić information content (AvgIpc) is 2.62. The summed E-state index contributed by atoms with van der Waals surface area (Å²) >= 11 is 5.80. The maximum Gasteiger partial charge on any atom is 0.251 e. The van der Waals surface area contributed by atoms with Crippen molar-refractivity contribution in [1.82, 2.24) is 10.2 Å². The van der Waals surface area contributed by atoms with Crippen molar-refractivity contribution >= 4 is 17.5 Å². The van der Waals surface area contributed by atoms with Gasteiger partial charge in [0.25, 0.3) is 5.91 Å². The molecule has 0 aromatic heterocycles. The Kier molecular flexibility index (Phi) is 6.97. The summed E-state index contributed by atoms with van der Waals surface area (Å²) in [7, 11) is 0. The van der Waals surface area contributed by atoms with Gasteiger partial charge in [0.15, 0.2) is 0 Å². The van der Waals surface area contributed by atoms with Crippen molar-refractivity contribution in [2.75, 3.05) is 13.1 Å². The summed E-state index contributed by atoms with van der Waals surface area (Å²) in [6, 6.07) is 11.8. The van der Waals surface area contributed by atoms with Gasteiger partial charge in [0, 0.05) is 12.1 Å². The summed E-state index contributed by atoms with van der Waals surface area (Å²) in [5.74, 6) is -0.630. The molecule has 1 atom stereocenters. The third kappa shape index (κ3) is 5.28. The van der Waals surface area contributed by atoms with E-state index >= 15 is 0 Å². The van der Waals surface area contributed by atoms with Crippen LogP contribution in [0, 0.1) is 5.82 Å². The van der Waals surface area contributed by atoms with Crippen molar-refractivity contribution in [3.8, 4) is 0 Å². The van der Waals surface area contributed by atoms with Gasteiger partial charge < -0.3 is 5.32 Å². The van der Waals surface area contributed by atoms with Crippen LogP contribution in [0.1, 0.15) is 48.3 Å². The van der Waals surface area contributed by atoms with E-state index in [1.165, 1.54) is 17.7 Å². The molecule has 134 valence electrons. The van der Waals surface area contributed by atoms with E-state index in [0.717, 1.165) is 25.2 Å². The zero-order valence-electron chi connectivity index (χ0n) is 14.9. The van der Waals surface area contributed by atoms with Crippen LogP contribution in [0.3, 0.4) is 0 Å². The molecule has 5 heteroatoms. The fourth-order valence-electron chi connectivity index (χ4n) is 2.61. The predicted octanol–water partition coefficient (Wildman–Crippen LogP) is 4.81. The summed E-state index contributed by atoms with van der Waals surface area (Å²) in [6.07, 6.45) is 0. The lowest BCUT2D eigenvalue weighted by atomic mass is 10.1. The number of amides is 1. The Morgan fingerprint density at radius 3 is 2.36 bits per heavy atom. The topological polar surface area (TPSA) is 32.3 Å². The third-order valence-corrected chi connectivity index (χ3v) is 4.60. The number of carbonyl (C=O) groups excluding carboxylic acids is 1. The molecule has 0 aliphatic heterocycles. The highest BCUT2D eigenvalue weighted by Gasteiger charge is 2.13. The normalized spacial score (nSPS) is 12.2. The monoisotopic (exact) mass is 362 g/mol. The van der Waals surface area contributed by atoms with Crippen LogP contribution < -0.4 is 5.32 Å². The number of nitrogens with zero attached hydrogens (tertiary/aromatic N) is 1. The van der Waals surface area contributed by atoms with Crippen molar-refractivity contribution < 1.29 is 9.18 Å². The third-order valence-electron chi connectivity index (χ3n) is 4.31. The van der Waals surface area contributed by atoms with Crippen LogP contribution in [0.2, 0.25) is 5.02 Å². The van der Waals surface area contributed by atoms with Gasteiger partial charge in [-0.3, -0.25) is 9.69 Å². The number of carbonyl (C=O) groups is 1. The lowest BCUT2D eigenvalue weighted by Crippen LogP contribution is -2.26.